The van der Waals surface area contributed by atoms with Crippen molar-refractivity contribution in [3.05, 3.63) is 39.5 Å². The number of halogens is 3. The highest BCUT2D eigenvalue weighted by Crippen LogP contribution is 2.27. The van der Waals surface area contributed by atoms with Crippen LogP contribution in [0.1, 0.15) is 10.4 Å². The van der Waals surface area contributed by atoms with E-state index in [9.17, 15) is 18.0 Å². The maximum Gasteiger partial charge on any atom is 0.343 e. The van der Waals surface area contributed by atoms with Crippen LogP contribution in [0.4, 0.5) is 18.9 Å². The summed E-state index contributed by atoms with van der Waals surface area (Å²) in [6.07, 6.45) is 0. The van der Waals surface area contributed by atoms with Gasteiger partial charge in [-0.2, -0.15) is 0 Å². The van der Waals surface area contributed by atoms with Crippen LogP contribution >= 0.6 is 0 Å². The SMILES string of the molecule is COC(=O)c1c(F)cc(F)c(N=[N+]=[N-])c1F. The molecular formula is C8H4F3N3O2. The van der Waals surface area contributed by atoms with Crippen molar-refractivity contribution >= 4 is 11.7 Å². The highest BCUT2D eigenvalue weighted by molar-refractivity contribution is 5.91. The molecule has 5 nitrogen and oxygen atoms in total. The van der Waals surface area contributed by atoms with Gasteiger partial charge in [0.15, 0.2) is 5.82 Å². The molecule has 0 aromatic heterocycles. The Bertz CT molecular complexity index is 498. The second-order valence-corrected chi connectivity index (χ2v) is 2.56. The number of hydrogen-bond donors (Lipinski definition) is 0. The van der Waals surface area contributed by atoms with E-state index < -0.39 is 34.7 Å². The Hall–Kier alpha value is -2.21. The smallest absolute Gasteiger partial charge is 0.343 e. The summed E-state index contributed by atoms with van der Waals surface area (Å²) in [6.45, 7) is 0. The van der Waals surface area contributed by atoms with Crippen LogP contribution in [0.15, 0.2) is 11.2 Å². The number of hydrogen-bond acceptors (Lipinski definition) is 3. The Labute approximate surface area is 87.1 Å². The van der Waals surface area contributed by atoms with Crippen molar-refractivity contribution < 1.29 is 22.7 Å². The molecule has 84 valence electrons. The van der Waals surface area contributed by atoms with E-state index in [-0.39, 0.29) is 6.07 Å². The first kappa shape index (κ1) is 11.9. The maximum absolute atomic E-state index is 13.4. The van der Waals surface area contributed by atoms with Gasteiger partial charge in [-0.3, -0.25) is 0 Å². The Morgan fingerprint density at radius 2 is 2.06 bits per heavy atom. The van der Waals surface area contributed by atoms with E-state index in [0.717, 1.165) is 7.11 Å². The Kier molecular flexibility index (Phi) is 3.37. The van der Waals surface area contributed by atoms with Crippen molar-refractivity contribution in [1.29, 1.82) is 0 Å². The molecule has 0 heterocycles. The van der Waals surface area contributed by atoms with Gasteiger partial charge in [0, 0.05) is 11.0 Å². The van der Waals surface area contributed by atoms with Crippen LogP contribution in [-0.4, -0.2) is 13.1 Å². The molecule has 8 heteroatoms. The first-order valence-electron chi connectivity index (χ1n) is 3.83. The highest BCUT2D eigenvalue weighted by atomic mass is 19.1. The number of benzene rings is 1. The Morgan fingerprint density at radius 3 is 2.56 bits per heavy atom. The molecule has 0 aliphatic rings. The molecule has 0 fully saturated rings. The molecule has 1 aromatic rings. The molecule has 0 saturated carbocycles. The largest absolute Gasteiger partial charge is 0.465 e. The summed E-state index contributed by atoms with van der Waals surface area (Å²) in [7, 11) is 0.901. The second-order valence-electron chi connectivity index (χ2n) is 2.56. The van der Waals surface area contributed by atoms with E-state index in [1.807, 2.05) is 0 Å². The third-order valence-electron chi connectivity index (χ3n) is 1.68. The second kappa shape index (κ2) is 4.54. The summed E-state index contributed by atoms with van der Waals surface area (Å²) >= 11 is 0. The average molecular weight is 231 g/mol. The van der Waals surface area contributed by atoms with Gasteiger partial charge in [0.05, 0.1) is 7.11 Å². The standard InChI is InChI=1S/C8H4F3N3O2/c1-16-8(15)5-3(9)2-4(10)7(6(5)11)13-14-12/h2H,1H3. The molecule has 0 unspecified atom stereocenters. The third kappa shape index (κ3) is 1.91. The van der Waals surface area contributed by atoms with Gasteiger partial charge in [-0.25, -0.2) is 18.0 Å². The molecule has 16 heavy (non-hydrogen) atoms. The van der Waals surface area contributed by atoms with Crippen molar-refractivity contribution in [2.24, 2.45) is 5.11 Å². The summed E-state index contributed by atoms with van der Waals surface area (Å²) < 4.78 is 43.5. The number of rotatable bonds is 2. The summed E-state index contributed by atoms with van der Waals surface area (Å²) in [5.41, 5.74) is 5.86. The zero-order valence-electron chi connectivity index (χ0n) is 7.87. The first-order chi connectivity index (χ1) is 7.52. The van der Waals surface area contributed by atoms with E-state index in [2.05, 4.69) is 14.8 Å². The zero-order valence-corrected chi connectivity index (χ0v) is 7.87. The maximum atomic E-state index is 13.4. The van der Waals surface area contributed by atoms with Crippen LogP contribution in [0.2, 0.25) is 0 Å². The molecule has 0 bridgehead atoms. The van der Waals surface area contributed by atoms with E-state index >= 15 is 0 Å². The lowest BCUT2D eigenvalue weighted by atomic mass is 10.1. The molecule has 0 amide bonds. The van der Waals surface area contributed by atoms with Crippen LogP contribution in [0.25, 0.3) is 10.4 Å². The predicted octanol–water partition coefficient (Wildman–Crippen LogP) is 2.83. The lowest BCUT2D eigenvalue weighted by molar-refractivity contribution is 0.0590. The predicted molar refractivity (Wildman–Crippen MR) is 46.5 cm³/mol. The lowest BCUT2D eigenvalue weighted by Crippen LogP contribution is -2.08. The number of carbonyl (C=O) groups excluding carboxylic acids is 1. The van der Waals surface area contributed by atoms with Crippen molar-refractivity contribution in [1.82, 2.24) is 0 Å². The van der Waals surface area contributed by atoms with Crippen LogP contribution in [0.5, 0.6) is 0 Å². The van der Waals surface area contributed by atoms with E-state index in [1.165, 1.54) is 0 Å². The normalized spacial score (nSPS) is 9.50. The van der Waals surface area contributed by atoms with Crippen LogP contribution in [0.3, 0.4) is 0 Å². The van der Waals surface area contributed by atoms with Crippen molar-refractivity contribution in [3.63, 3.8) is 0 Å². The number of nitrogens with zero attached hydrogens (tertiary/aromatic N) is 3. The van der Waals surface area contributed by atoms with Crippen molar-refractivity contribution in [2.45, 2.75) is 0 Å². The fraction of sp³-hybridized carbons (Fsp3) is 0.125. The third-order valence-corrected chi connectivity index (χ3v) is 1.68. The first-order valence-corrected chi connectivity index (χ1v) is 3.83. The quantitative estimate of drug-likeness (QED) is 0.339. The van der Waals surface area contributed by atoms with Gasteiger partial charge < -0.3 is 4.74 Å². The van der Waals surface area contributed by atoms with Gasteiger partial charge >= 0.3 is 5.97 Å². The van der Waals surface area contributed by atoms with Gasteiger partial charge in [0.1, 0.15) is 22.9 Å². The fourth-order valence-corrected chi connectivity index (χ4v) is 1.01. The molecule has 1 aromatic carbocycles. The van der Waals surface area contributed by atoms with Gasteiger partial charge in [-0.1, -0.05) is 5.11 Å². The Morgan fingerprint density at radius 1 is 1.44 bits per heavy atom. The van der Waals surface area contributed by atoms with Gasteiger partial charge in [0.25, 0.3) is 0 Å². The minimum Gasteiger partial charge on any atom is -0.465 e. The van der Waals surface area contributed by atoms with E-state index in [1.54, 1.807) is 0 Å². The fourth-order valence-electron chi connectivity index (χ4n) is 1.01. The Balaban J connectivity index is 3.57. The zero-order chi connectivity index (χ0) is 12.3. The molecule has 0 spiro atoms. The summed E-state index contributed by atoms with van der Waals surface area (Å²) in [5, 5.41) is 2.68. The molecule has 0 aliphatic carbocycles. The molecule has 0 radical (unpaired) electrons. The van der Waals surface area contributed by atoms with Crippen LogP contribution in [0, 0.1) is 17.5 Å². The summed E-state index contributed by atoms with van der Waals surface area (Å²) in [5.74, 6) is -5.76. The summed E-state index contributed by atoms with van der Waals surface area (Å²) in [6, 6.07) is 0.235. The van der Waals surface area contributed by atoms with Gasteiger partial charge in [0.2, 0.25) is 0 Å². The number of carbonyl (C=O) groups is 1. The number of ether oxygens (including phenoxy) is 1. The van der Waals surface area contributed by atoms with E-state index in [0.29, 0.717) is 0 Å². The molecule has 1 rings (SSSR count). The molecule has 0 saturated heterocycles. The highest BCUT2D eigenvalue weighted by Gasteiger charge is 2.23. The molecule has 0 aliphatic heterocycles. The van der Waals surface area contributed by atoms with Crippen molar-refractivity contribution in [3.8, 4) is 0 Å². The topological polar surface area (TPSA) is 75.1 Å². The van der Waals surface area contributed by atoms with Gasteiger partial charge in [-0.15, -0.1) is 0 Å². The summed E-state index contributed by atoms with van der Waals surface area (Å²) in [4.78, 5) is 13.1. The average Bonchev–Trinajstić information content (AvgIpc) is 2.23. The lowest BCUT2D eigenvalue weighted by Gasteiger charge is -2.05. The number of methoxy groups -OCH3 is 1. The molecule has 0 atom stereocenters. The van der Waals surface area contributed by atoms with Crippen LogP contribution in [-0.2, 0) is 4.74 Å². The number of esters is 1. The number of azide groups is 1. The molecule has 0 N–H and O–H groups in total. The minimum atomic E-state index is -1.60. The van der Waals surface area contributed by atoms with Crippen molar-refractivity contribution in [2.75, 3.05) is 7.11 Å². The molecular weight excluding hydrogens is 227 g/mol. The minimum absolute atomic E-state index is 0.235. The van der Waals surface area contributed by atoms with Crippen LogP contribution < -0.4 is 0 Å². The van der Waals surface area contributed by atoms with E-state index in [4.69, 9.17) is 5.53 Å². The van der Waals surface area contributed by atoms with Gasteiger partial charge in [-0.05, 0) is 5.53 Å². The monoisotopic (exact) mass is 231 g/mol.